The minimum Gasteiger partial charge on any atom is -0.505 e. The fraction of sp³-hybridized carbons (Fsp3) is 0.429. The van der Waals surface area contributed by atoms with Crippen LogP contribution in [-0.2, 0) is 4.74 Å². The molecule has 13 heavy (non-hydrogen) atoms. The zero-order chi connectivity index (χ0) is 10.0. The molecule has 0 fully saturated rings. The molecule has 0 saturated heterocycles. The number of ether oxygens (including phenoxy) is 1. The third-order valence-electron chi connectivity index (χ3n) is 1.62. The van der Waals surface area contributed by atoms with E-state index in [4.69, 9.17) is 15.3 Å². The summed E-state index contributed by atoms with van der Waals surface area (Å²) in [5.74, 6) is -2.92. The van der Waals surface area contributed by atoms with E-state index in [1.54, 1.807) is 7.05 Å². The van der Waals surface area contributed by atoms with E-state index < -0.39 is 29.3 Å². The molecule has 0 saturated carbocycles. The zero-order valence-electron chi connectivity index (χ0n) is 6.98. The van der Waals surface area contributed by atoms with Crippen molar-refractivity contribution in [3.8, 4) is 0 Å². The third kappa shape index (κ3) is 1.62. The molecule has 0 aromatic heterocycles. The second-order valence-corrected chi connectivity index (χ2v) is 2.55. The number of rotatable bonds is 2. The summed E-state index contributed by atoms with van der Waals surface area (Å²) in [4.78, 5) is 0. The Morgan fingerprint density at radius 2 is 1.85 bits per heavy atom. The molecular weight excluding hydrogens is 178 g/mol. The Labute approximate surface area is 74.4 Å². The molecule has 1 rings (SSSR count). The summed E-state index contributed by atoms with van der Waals surface area (Å²) in [5.41, 5.74) is 0. The van der Waals surface area contributed by atoms with Crippen LogP contribution in [0.15, 0.2) is 23.2 Å². The number of aliphatic hydroxyl groups excluding tert-OH is 4. The topological polar surface area (TPSA) is 102 Å². The van der Waals surface area contributed by atoms with Crippen LogP contribution < -0.4 is 5.32 Å². The third-order valence-corrected chi connectivity index (χ3v) is 1.62. The molecule has 6 nitrogen and oxygen atoms in total. The van der Waals surface area contributed by atoms with Crippen molar-refractivity contribution in [3.63, 3.8) is 0 Å². The summed E-state index contributed by atoms with van der Waals surface area (Å²) in [6.07, 6.45) is -0.888. The second-order valence-electron chi connectivity index (χ2n) is 2.55. The number of aliphatic hydroxyl groups is 4. The summed E-state index contributed by atoms with van der Waals surface area (Å²) >= 11 is 0. The summed E-state index contributed by atoms with van der Waals surface area (Å²) in [5, 5.41) is 38.8. The Kier molecular flexibility index (Phi) is 2.52. The van der Waals surface area contributed by atoms with Gasteiger partial charge in [0.15, 0.2) is 11.9 Å². The van der Waals surface area contributed by atoms with Crippen LogP contribution in [0.4, 0.5) is 0 Å². The van der Waals surface area contributed by atoms with Crippen molar-refractivity contribution >= 4 is 0 Å². The van der Waals surface area contributed by atoms with Crippen LogP contribution in [0, 0.1) is 0 Å². The minimum absolute atomic E-state index is 0.202. The molecule has 0 aromatic carbocycles. The molecule has 0 aromatic rings. The van der Waals surface area contributed by atoms with Crippen molar-refractivity contribution < 1.29 is 25.2 Å². The predicted octanol–water partition coefficient (Wildman–Crippen LogP) is 0.217. The molecule has 0 bridgehead atoms. The minimum atomic E-state index is -0.888. The SMILES string of the molecule is CNCC1OC(O)=C(O)C(O)=C1O. The molecule has 1 heterocycles. The molecule has 1 unspecified atom stereocenters. The first-order valence-corrected chi connectivity index (χ1v) is 3.63. The van der Waals surface area contributed by atoms with Crippen LogP contribution in [0.2, 0.25) is 0 Å². The molecule has 6 heteroatoms. The van der Waals surface area contributed by atoms with Gasteiger partial charge >= 0.3 is 5.95 Å². The van der Waals surface area contributed by atoms with Crippen LogP contribution in [-0.4, -0.2) is 40.1 Å². The van der Waals surface area contributed by atoms with Gasteiger partial charge in [-0.2, -0.15) is 0 Å². The summed E-state index contributed by atoms with van der Waals surface area (Å²) in [7, 11) is 1.61. The van der Waals surface area contributed by atoms with Crippen LogP contribution in [0.1, 0.15) is 0 Å². The molecule has 0 radical (unpaired) electrons. The fourth-order valence-electron chi connectivity index (χ4n) is 0.945. The fourth-order valence-corrected chi connectivity index (χ4v) is 0.945. The summed E-state index contributed by atoms with van der Waals surface area (Å²) in [6, 6.07) is 0. The largest absolute Gasteiger partial charge is 0.505 e. The van der Waals surface area contributed by atoms with E-state index in [1.807, 2.05) is 0 Å². The van der Waals surface area contributed by atoms with E-state index in [0.717, 1.165) is 0 Å². The number of likely N-dealkylation sites (N-methyl/N-ethyl adjacent to an activating group) is 1. The van der Waals surface area contributed by atoms with Crippen molar-refractivity contribution in [3.05, 3.63) is 23.2 Å². The maximum Gasteiger partial charge on any atom is 0.325 e. The first-order chi connectivity index (χ1) is 6.07. The van der Waals surface area contributed by atoms with Gasteiger partial charge < -0.3 is 30.5 Å². The lowest BCUT2D eigenvalue weighted by atomic mass is 10.2. The number of nitrogens with one attached hydrogen (secondary N) is 1. The smallest absolute Gasteiger partial charge is 0.325 e. The average Bonchev–Trinajstić information content (AvgIpc) is 2.11. The van der Waals surface area contributed by atoms with Crippen molar-refractivity contribution in [1.29, 1.82) is 0 Å². The summed E-state index contributed by atoms with van der Waals surface area (Å²) in [6.45, 7) is 0.202. The first-order valence-electron chi connectivity index (χ1n) is 3.63. The van der Waals surface area contributed by atoms with Gasteiger partial charge in [-0.05, 0) is 7.05 Å². The molecule has 1 aliphatic heterocycles. The Morgan fingerprint density at radius 3 is 2.38 bits per heavy atom. The highest BCUT2D eigenvalue weighted by Crippen LogP contribution is 2.23. The average molecular weight is 189 g/mol. The normalized spacial score (nSPS) is 23.3. The van der Waals surface area contributed by atoms with E-state index in [-0.39, 0.29) is 6.54 Å². The predicted molar refractivity (Wildman–Crippen MR) is 43.4 cm³/mol. The molecule has 74 valence electrons. The molecule has 5 N–H and O–H groups in total. The maximum atomic E-state index is 9.22. The van der Waals surface area contributed by atoms with Crippen LogP contribution in [0.3, 0.4) is 0 Å². The monoisotopic (exact) mass is 189 g/mol. The highest BCUT2D eigenvalue weighted by Gasteiger charge is 2.30. The quantitative estimate of drug-likeness (QED) is 0.426. The highest BCUT2D eigenvalue weighted by atomic mass is 16.6. The van der Waals surface area contributed by atoms with E-state index in [2.05, 4.69) is 10.1 Å². The van der Waals surface area contributed by atoms with E-state index in [9.17, 15) is 5.11 Å². The van der Waals surface area contributed by atoms with Gasteiger partial charge in [0.2, 0.25) is 11.5 Å². The Morgan fingerprint density at radius 1 is 1.23 bits per heavy atom. The van der Waals surface area contributed by atoms with Gasteiger partial charge in [0, 0.05) is 6.54 Å². The molecule has 0 amide bonds. The Bertz CT molecular complexity index is 270. The lowest BCUT2D eigenvalue weighted by molar-refractivity contribution is 0.0000109. The van der Waals surface area contributed by atoms with Gasteiger partial charge in [-0.3, -0.25) is 0 Å². The lowest BCUT2D eigenvalue weighted by Gasteiger charge is -2.22. The van der Waals surface area contributed by atoms with Crippen molar-refractivity contribution in [1.82, 2.24) is 5.32 Å². The second kappa shape index (κ2) is 3.44. The molecular formula is C7H11NO5. The van der Waals surface area contributed by atoms with Crippen LogP contribution in [0.5, 0.6) is 0 Å². The van der Waals surface area contributed by atoms with Crippen molar-refractivity contribution in [2.75, 3.05) is 13.6 Å². The molecule has 1 atom stereocenters. The van der Waals surface area contributed by atoms with E-state index in [1.165, 1.54) is 0 Å². The first kappa shape index (κ1) is 9.53. The Hall–Kier alpha value is -1.56. The van der Waals surface area contributed by atoms with Gasteiger partial charge in [0.1, 0.15) is 0 Å². The van der Waals surface area contributed by atoms with E-state index >= 15 is 0 Å². The van der Waals surface area contributed by atoms with Gasteiger partial charge in [-0.15, -0.1) is 0 Å². The standard InChI is InChI=1S/C7H11NO5/c1-8-2-3-4(9)5(10)6(11)7(12)13-3/h3,8-12H,2H2,1H3. The Balaban J connectivity index is 2.90. The summed E-state index contributed by atoms with van der Waals surface area (Å²) < 4.78 is 4.68. The lowest BCUT2D eigenvalue weighted by Crippen LogP contribution is -2.32. The molecule has 0 spiro atoms. The van der Waals surface area contributed by atoms with Gasteiger partial charge in [0.25, 0.3) is 0 Å². The van der Waals surface area contributed by atoms with Crippen LogP contribution >= 0.6 is 0 Å². The van der Waals surface area contributed by atoms with Crippen LogP contribution in [0.25, 0.3) is 0 Å². The highest BCUT2D eigenvalue weighted by molar-refractivity contribution is 5.26. The van der Waals surface area contributed by atoms with Gasteiger partial charge in [-0.1, -0.05) is 0 Å². The zero-order valence-corrected chi connectivity index (χ0v) is 6.98. The number of hydrogen-bond donors (Lipinski definition) is 5. The molecule has 1 aliphatic rings. The van der Waals surface area contributed by atoms with Crippen molar-refractivity contribution in [2.45, 2.75) is 6.10 Å². The van der Waals surface area contributed by atoms with Crippen molar-refractivity contribution in [2.24, 2.45) is 0 Å². The number of hydrogen-bond acceptors (Lipinski definition) is 6. The van der Waals surface area contributed by atoms with Gasteiger partial charge in [-0.25, -0.2) is 0 Å². The molecule has 0 aliphatic carbocycles. The van der Waals surface area contributed by atoms with Gasteiger partial charge in [0.05, 0.1) is 0 Å². The van der Waals surface area contributed by atoms with E-state index in [0.29, 0.717) is 0 Å². The maximum absolute atomic E-state index is 9.22.